The first kappa shape index (κ1) is 18.0. The zero-order chi connectivity index (χ0) is 19.7. The van der Waals surface area contributed by atoms with Crippen LogP contribution in [0.5, 0.6) is 5.75 Å². The molecule has 1 N–H and O–H groups in total. The van der Waals surface area contributed by atoms with Crippen LogP contribution in [0.15, 0.2) is 59.2 Å². The summed E-state index contributed by atoms with van der Waals surface area (Å²) in [5.74, 6) is 2.36. The van der Waals surface area contributed by atoms with Crippen molar-refractivity contribution in [1.82, 2.24) is 9.97 Å². The van der Waals surface area contributed by atoms with E-state index in [1.807, 2.05) is 50.2 Å². The van der Waals surface area contributed by atoms with Gasteiger partial charge in [0.15, 0.2) is 0 Å². The van der Waals surface area contributed by atoms with Gasteiger partial charge in [-0.3, -0.25) is 0 Å². The molecule has 5 nitrogen and oxygen atoms in total. The Morgan fingerprint density at radius 2 is 1.89 bits per heavy atom. The van der Waals surface area contributed by atoms with Crippen molar-refractivity contribution in [2.24, 2.45) is 0 Å². The van der Waals surface area contributed by atoms with Crippen LogP contribution in [0.1, 0.15) is 29.9 Å². The van der Waals surface area contributed by atoms with Crippen LogP contribution < -0.4 is 10.1 Å². The summed E-state index contributed by atoms with van der Waals surface area (Å²) < 4.78 is 10.9. The van der Waals surface area contributed by atoms with Gasteiger partial charge in [0.25, 0.3) is 0 Å². The van der Waals surface area contributed by atoms with Crippen LogP contribution >= 0.6 is 0 Å². The topological polar surface area (TPSA) is 60.2 Å². The predicted molar refractivity (Wildman–Crippen MR) is 112 cm³/mol. The number of hydrogen-bond donors (Lipinski definition) is 1. The number of methoxy groups -OCH3 is 1. The molecule has 2 aromatic carbocycles. The zero-order valence-corrected chi connectivity index (χ0v) is 16.5. The molecule has 142 valence electrons. The lowest BCUT2D eigenvalue weighted by Crippen LogP contribution is -2.09. The van der Waals surface area contributed by atoms with Crippen LogP contribution in [0.3, 0.4) is 0 Å². The third kappa shape index (κ3) is 3.56. The van der Waals surface area contributed by atoms with E-state index in [9.17, 15) is 0 Å². The Balaban J connectivity index is 1.65. The molecule has 4 aromatic rings. The van der Waals surface area contributed by atoms with Gasteiger partial charge in [0.1, 0.15) is 23.0 Å². The number of fused-ring (bicyclic) bond motifs is 1. The summed E-state index contributed by atoms with van der Waals surface area (Å²) in [6.45, 7) is 6.06. The molecule has 0 aliphatic heterocycles. The average molecular weight is 373 g/mol. The Kier molecular flexibility index (Phi) is 4.74. The van der Waals surface area contributed by atoms with Gasteiger partial charge in [-0.15, -0.1) is 0 Å². The minimum absolute atomic E-state index is 0.0795. The van der Waals surface area contributed by atoms with Crippen molar-refractivity contribution in [3.63, 3.8) is 0 Å². The second-order valence-corrected chi connectivity index (χ2v) is 6.96. The number of furan rings is 1. The zero-order valence-electron chi connectivity index (χ0n) is 16.5. The number of anilines is 1. The SMILES string of the molecule is COc1cccc([C@H](C)Nc2cc(-c3ccc4occ(C)c4c3)nc(C)n2)c1. The van der Waals surface area contributed by atoms with E-state index in [1.54, 1.807) is 13.4 Å². The van der Waals surface area contributed by atoms with Gasteiger partial charge in [-0.2, -0.15) is 0 Å². The highest BCUT2D eigenvalue weighted by molar-refractivity contribution is 5.85. The molecule has 0 fully saturated rings. The smallest absolute Gasteiger partial charge is 0.134 e. The number of benzene rings is 2. The van der Waals surface area contributed by atoms with Crippen LogP contribution in [0, 0.1) is 13.8 Å². The molecule has 2 heterocycles. The van der Waals surface area contributed by atoms with Crippen LogP contribution in [-0.4, -0.2) is 17.1 Å². The van der Waals surface area contributed by atoms with Crippen molar-refractivity contribution in [2.45, 2.75) is 26.8 Å². The molecule has 0 amide bonds. The van der Waals surface area contributed by atoms with E-state index < -0.39 is 0 Å². The quantitative estimate of drug-likeness (QED) is 0.487. The van der Waals surface area contributed by atoms with Crippen molar-refractivity contribution in [1.29, 1.82) is 0 Å². The molecular formula is C23H23N3O2. The molecule has 1 atom stereocenters. The van der Waals surface area contributed by atoms with E-state index in [1.165, 1.54) is 0 Å². The van der Waals surface area contributed by atoms with E-state index in [2.05, 4.69) is 34.3 Å². The van der Waals surface area contributed by atoms with Gasteiger partial charge in [-0.1, -0.05) is 12.1 Å². The summed E-state index contributed by atoms with van der Waals surface area (Å²) in [7, 11) is 1.68. The Morgan fingerprint density at radius 3 is 2.71 bits per heavy atom. The maximum absolute atomic E-state index is 5.55. The minimum Gasteiger partial charge on any atom is -0.497 e. The van der Waals surface area contributed by atoms with E-state index >= 15 is 0 Å². The summed E-state index contributed by atoms with van der Waals surface area (Å²) in [4.78, 5) is 9.20. The predicted octanol–water partition coefficient (Wildman–Crippen LogP) is 5.69. The second-order valence-electron chi connectivity index (χ2n) is 6.96. The van der Waals surface area contributed by atoms with Gasteiger partial charge in [0, 0.05) is 17.0 Å². The number of nitrogens with zero attached hydrogens (tertiary/aromatic N) is 2. The number of aryl methyl sites for hydroxylation is 2. The van der Waals surface area contributed by atoms with E-state index in [4.69, 9.17) is 9.15 Å². The summed E-state index contributed by atoms with van der Waals surface area (Å²) in [5.41, 5.74) is 5.06. The first-order valence-electron chi connectivity index (χ1n) is 9.28. The summed E-state index contributed by atoms with van der Waals surface area (Å²) >= 11 is 0. The van der Waals surface area contributed by atoms with Crippen LogP contribution in [0.4, 0.5) is 5.82 Å². The van der Waals surface area contributed by atoms with Gasteiger partial charge < -0.3 is 14.5 Å². The van der Waals surface area contributed by atoms with Crippen molar-refractivity contribution in [2.75, 3.05) is 12.4 Å². The molecule has 4 rings (SSSR count). The number of hydrogen-bond acceptors (Lipinski definition) is 5. The number of nitrogens with one attached hydrogen (secondary N) is 1. The fourth-order valence-corrected chi connectivity index (χ4v) is 3.32. The number of rotatable bonds is 5. The van der Waals surface area contributed by atoms with Crippen molar-refractivity contribution >= 4 is 16.8 Å². The molecule has 0 saturated carbocycles. The molecule has 28 heavy (non-hydrogen) atoms. The lowest BCUT2D eigenvalue weighted by atomic mass is 10.1. The molecule has 0 spiro atoms. The van der Waals surface area contributed by atoms with Crippen molar-refractivity contribution in [3.8, 4) is 17.0 Å². The van der Waals surface area contributed by atoms with Gasteiger partial charge in [-0.25, -0.2) is 9.97 Å². The van der Waals surface area contributed by atoms with Crippen molar-refractivity contribution < 1.29 is 9.15 Å². The van der Waals surface area contributed by atoms with Crippen molar-refractivity contribution in [3.05, 3.63) is 71.7 Å². The fourth-order valence-electron chi connectivity index (χ4n) is 3.32. The van der Waals surface area contributed by atoms with Gasteiger partial charge in [0.05, 0.1) is 25.1 Å². The van der Waals surface area contributed by atoms with E-state index in [0.717, 1.165) is 50.7 Å². The monoisotopic (exact) mass is 373 g/mol. The molecule has 0 aliphatic carbocycles. The molecular weight excluding hydrogens is 350 g/mol. The van der Waals surface area contributed by atoms with Gasteiger partial charge in [0.2, 0.25) is 0 Å². The Labute approximate surface area is 164 Å². The molecule has 2 aromatic heterocycles. The normalized spacial score (nSPS) is 12.1. The first-order valence-corrected chi connectivity index (χ1v) is 9.28. The molecule has 0 aliphatic rings. The van der Waals surface area contributed by atoms with Crippen LogP contribution in [0.25, 0.3) is 22.2 Å². The molecule has 0 radical (unpaired) electrons. The number of ether oxygens (including phenoxy) is 1. The van der Waals surface area contributed by atoms with Gasteiger partial charge >= 0.3 is 0 Å². The lowest BCUT2D eigenvalue weighted by molar-refractivity contribution is 0.414. The second kappa shape index (κ2) is 7.35. The fraction of sp³-hybridized carbons (Fsp3) is 0.217. The summed E-state index contributed by atoms with van der Waals surface area (Å²) in [5, 5.41) is 4.58. The molecule has 5 heteroatoms. The average Bonchev–Trinajstić information content (AvgIpc) is 3.08. The highest BCUT2D eigenvalue weighted by Crippen LogP contribution is 2.29. The first-order chi connectivity index (χ1) is 13.5. The molecule has 0 unspecified atom stereocenters. The third-order valence-electron chi connectivity index (χ3n) is 4.86. The maximum Gasteiger partial charge on any atom is 0.134 e. The number of aromatic nitrogens is 2. The Hall–Kier alpha value is -3.34. The highest BCUT2D eigenvalue weighted by Gasteiger charge is 2.11. The Morgan fingerprint density at radius 1 is 1.04 bits per heavy atom. The summed E-state index contributed by atoms with van der Waals surface area (Å²) in [6.07, 6.45) is 1.78. The van der Waals surface area contributed by atoms with Crippen LogP contribution in [0.2, 0.25) is 0 Å². The minimum atomic E-state index is 0.0795. The lowest BCUT2D eigenvalue weighted by Gasteiger charge is -2.16. The maximum atomic E-state index is 5.55. The van der Waals surface area contributed by atoms with Gasteiger partial charge in [-0.05, 0) is 62.2 Å². The van der Waals surface area contributed by atoms with E-state index in [0.29, 0.717) is 0 Å². The Bertz CT molecular complexity index is 1130. The van der Waals surface area contributed by atoms with Crippen LogP contribution in [-0.2, 0) is 0 Å². The third-order valence-corrected chi connectivity index (χ3v) is 4.86. The largest absolute Gasteiger partial charge is 0.497 e. The summed E-state index contributed by atoms with van der Waals surface area (Å²) in [6, 6.07) is 16.2. The molecule has 0 bridgehead atoms. The standard InChI is InChI=1S/C23H23N3O2/c1-14-13-28-22-9-8-18(11-20(14)22)21-12-23(26-16(3)25-21)24-15(2)17-6-5-7-19(10-17)27-4/h5-13,15H,1-4H3,(H,24,25,26)/t15-/m0/s1. The van der Waals surface area contributed by atoms with E-state index in [-0.39, 0.29) is 6.04 Å². The highest BCUT2D eigenvalue weighted by atomic mass is 16.5. The molecule has 0 saturated heterocycles.